The van der Waals surface area contributed by atoms with Crippen molar-refractivity contribution in [1.29, 1.82) is 0 Å². The number of carbonyl (C=O) groups excluding carboxylic acids is 1. The van der Waals surface area contributed by atoms with Crippen LogP contribution in [0.1, 0.15) is 30.7 Å². The van der Waals surface area contributed by atoms with Crippen molar-refractivity contribution in [2.75, 3.05) is 5.73 Å². The number of pyridine rings is 1. The summed E-state index contributed by atoms with van der Waals surface area (Å²) in [4.78, 5) is 46.9. The van der Waals surface area contributed by atoms with E-state index in [9.17, 15) is 19.5 Å². The Labute approximate surface area is 180 Å². The van der Waals surface area contributed by atoms with Crippen LogP contribution in [0.2, 0.25) is 0 Å². The van der Waals surface area contributed by atoms with Crippen molar-refractivity contribution in [3.63, 3.8) is 0 Å². The molecule has 0 aromatic carbocycles. The number of oxime groups is 1. The van der Waals surface area contributed by atoms with Gasteiger partial charge < -0.3 is 35.7 Å². The van der Waals surface area contributed by atoms with Gasteiger partial charge in [-0.15, -0.1) is 11.3 Å². The van der Waals surface area contributed by atoms with Gasteiger partial charge in [0.05, 0.1) is 18.2 Å². The highest BCUT2D eigenvalue weighted by atomic mass is 32.1. The van der Waals surface area contributed by atoms with Gasteiger partial charge in [0.2, 0.25) is 5.43 Å². The van der Waals surface area contributed by atoms with Crippen LogP contribution in [0.3, 0.4) is 0 Å². The van der Waals surface area contributed by atoms with Crippen molar-refractivity contribution in [3.8, 4) is 5.75 Å². The molecule has 163 valence electrons. The molecule has 1 radical (unpaired) electrons. The number of nitrogens with zero attached hydrogens (tertiary/aromatic N) is 2. The van der Waals surface area contributed by atoms with E-state index in [0.29, 0.717) is 18.5 Å². The topological polar surface area (TPSA) is 189 Å². The van der Waals surface area contributed by atoms with Gasteiger partial charge in [0.25, 0.3) is 5.91 Å². The van der Waals surface area contributed by atoms with E-state index in [1.54, 1.807) is 5.38 Å². The Bertz CT molecular complexity index is 1030. The van der Waals surface area contributed by atoms with Crippen LogP contribution in [0.5, 0.6) is 5.75 Å². The predicted molar refractivity (Wildman–Crippen MR) is 111 cm³/mol. The van der Waals surface area contributed by atoms with Crippen molar-refractivity contribution in [3.05, 3.63) is 39.3 Å². The van der Waals surface area contributed by atoms with Gasteiger partial charge in [0.15, 0.2) is 23.2 Å². The summed E-state index contributed by atoms with van der Waals surface area (Å²) in [6.45, 7) is -0.165. The molecule has 1 saturated heterocycles. The Balaban J connectivity index is 1.65. The normalized spacial score (nSPS) is 18.8. The number of aromatic hydroxyl groups is 1. The summed E-state index contributed by atoms with van der Waals surface area (Å²) in [6, 6.07) is 1.15. The number of amides is 1. The minimum absolute atomic E-state index is 0.116. The largest absolute Gasteiger partial charge is 0.503 e. The second-order valence-corrected chi connectivity index (χ2v) is 7.53. The summed E-state index contributed by atoms with van der Waals surface area (Å²) in [6.07, 6.45) is 1.53. The lowest BCUT2D eigenvalue weighted by Crippen LogP contribution is -2.47. The maximum atomic E-state index is 12.8. The Hall–Kier alpha value is -3.39. The van der Waals surface area contributed by atoms with E-state index in [1.807, 2.05) is 0 Å². The predicted octanol–water partition coefficient (Wildman–Crippen LogP) is -0.245. The number of carboxylic acid groups (broad SMARTS) is 1. The zero-order valence-electron chi connectivity index (χ0n) is 16.1. The third kappa shape index (κ3) is 6.29. The summed E-state index contributed by atoms with van der Waals surface area (Å²) in [5, 5.41) is 26.5. The second-order valence-electron chi connectivity index (χ2n) is 6.64. The Morgan fingerprint density at radius 2 is 2.29 bits per heavy atom. The lowest BCUT2D eigenvalue weighted by molar-refractivity contribution is -0.139. The first-order valence-electron chi connectivity index (χ1n) is 9.15. The quantitative estimate of drug-likeness (QED) is 0.206. The van der Waals surface area contributed by atoms with E-state index in [2.05, 4.69) is 20.4 Å². The number of H-pyrrole nitrogens is 1. The molecule has 2 atom stereocenters. The molecule has 2 aromatic rings. The Morgan fingerprint density at radius 1 is 1.48 bits per heavy atom. The van der Waals surface area contributed by atoms with Gasteiger partial charge in [-0.05, 0) is 12.8 Å². The molecule has 0 unspecified atom stereocenters. The molecule has 1 amide bonds. The molecule has 14 heteroatoms. The number of aromatic nitrogens is 2. The number of hydrogen-bond donors (Lipinski definition) is 5. The van der Waals surface area contributed by atoms with Gasteiger partial charge >= 0.3 is 13.5 Å². The van der Waals surface area contributed by atoms with Crippen molar-refractivity contribution in [2.24, 2.45) is 5.16 Å². The molecule has 0 bridgehead atoms. The number of nitrogen functional groups attached to an aromatic ring is 1. The molecule has 0 aliphatic carbocycles. The second kappa shape index (κ2) is 10.1. The van der Waals surface area contributed by atoms with Crippen LogP contribution in [0, 0.1) is 0 Å². The van der Waals surface area contributed by atoms with Gasteiger partial charge in [0.1, 0.15) is 5.69 Å². The molecule has 6 N–H and O–H groups in total. The number of aromatic amines is 1. The minimum Gasteiger partial charge on any atom is -0.503 e. The van der Waals surface area contributed by atoms with Crippen molar-refractivity contribution >= 4 is 41.5 Å². The average molecular weight is 448 g/mol. The number of carboxylic acids is 1. The van der Waals surface area contributed by atoms with Crippen molar-refractivity contribution < 1.29 is 29.3 Å². The van der Waals surface area contributed by atoms with E-state index >= 15 is 0 Å². The molecule has 1 aliphatic rings. The third-order valence-corrected chi connectivity index (χ3v) is 4.94. The number of thiazole rings is 1. The number of rotatable bonds is 8. The van der Waals surface area contributed by atoms with E-state index in [4.69, 9.17) is 20.3 Å². The minimum atomic E-state index is -0.955. The molecule has 12 nitrogen and oxygen atoms in total. The lowest BCUT2D eigenvalue weighted by Gasteiger charge is -2.27. The molecule has 3 rings (SSSR count). The van der Waals surface area contributed by atoms with Gasteiger partial charge in [-0.2, -0.15) is 0 Å². The maximum Gasteiger partial charge on any atom is 0.317 e. The molecule has 0 saturated carbocycles. The summed E-state index contributed by atoms with van der Waals surface area (Å²) in [5.74, 6) is -2.43. The first-order chi connectivity index (χ1) is 14.8. The van der Waals surface area contributed by atoms with Crippen LogP contribution < -0.4 is 16.5 Å². The number of nitrogens with two attached hydrogens (primary N) is 1. The van der Waals surface area contributed by atoms with Gasteiger partial charge in [0, 0.05) is 23.6 Å². The monoisotopic (exact) mass is 448 g/mol. The number of aliphatic carboxylic acids is 1. The summed E-state index contributed by atoms with van der Waals surface area (Å²) < 4.78 is 5.37. The van der Waals surface area contributed by atoms with E-state index in [1.165, 1.54) is 7.48 Å². The molecule has 1 aliphatic heterocycles. The molecular formula is C17H19BN5O7S. The van der Waals surface area contributed by atoms with Gasteiger partial charge in [-0.1, -0.05) is 5.16 Å². The standard InChI is InChI=1S/C17H19BN5O7S/c19-17-21-10(7-31-17)15(23-29-6-8-3-11(24)12(25)5-20-8)16(28)22-13-2-1-9(30-18-13)4-14(26)27/h3,5,7,9,13,25H,1-2,4,6H2,(H2,19,21)(H,20,24)(H,22,28)(H,26,27)/b23-15-/t9-,13-/m0/s1. The molecule has 3 heterocycles. The smallest absolute Gasteiger partial charge is 0.317 e. The fourth-order valence-corrected chi connectivity index (χ4v) is 3.30. The van der Waals surface area contributed by atoms with Crippen molar-refractivity contribution in [1.82, 2.24) is 15.3 Å². The van der Waals surface area contributed by atoms with E-state index < -0.39 is 35.1 Å². The number of nitrogens with one attached hydrogen (secondary N) is 2. The van der Waals surface area contributed by atoms with Crippen molar-refractivity contribution in [2.45, 2.75) is 37.9 Å². The maximum absolute atomic E-state index is 12.8. The number of carbonyl (C=O) groups is 2. The highest BCUT2D eigenvalue weighted by molar-refractivity contribution is 7.13. The fourth-order valence-electron chi connectivity index (χ4n) is 2.75. The molecular weight excluding hydrogens is 429 g/mol. The summed E-state index contributed by atoms with van der Waals surface area (Å²) >= 11 is 1.12. The van der Waals surface area contributed by atoms with Crippen LogP contribution >= 0.6 is 11.3 Å². The molecule has 1 fully saturated rings. The molecule has 2 aromatic heterocycles. The first kappa shape index (κ1) is 22.3. The van der Waals surface area contributed by atoms with Gasteiger partial charge in [-0.25, -0.2) is 4.98 Å². The Kier molecular flexibility index (Phi) is 7.25. The zero-order valence-corrected chi connectivity index (χ0v) is 16.9. The third-order valence-electron chi connectivity index (χ3n) is 4.26. The van der Waals surface area contributed by atoms with Crippen LogP contribution in [0.4, 0.5) is 5.13 Å². The van der Waals surface area contributed by atoms with Gasteiger partial charge in [-0.3, -0.25) is 14.4 Å². The van der Waals surface area contributed by atoms with Crippen LogP contribution in [-0.4, -0.2) is 57.3 Å². The number of anilines is 1. The van der Waals surface area contributed by atoms with Crippen LogP contribution in [0.15, 0.2) is 27.6 Å². The van der Waals surface area contributed by atoms with Crippen LogP contribution in [0.25, 0.3) is 0 Å². The molecule has 31 heavy (non-hydrogen) atoms. The zero-order chi connectivity index (χ0) is 22.4. The lowest BCUT2D eigenvalue weighted by atomic mass is 9.79. The first-order valence-corrected chi connectivity index (χ1v) is 10.0. The number of hydrogen-bond acceptors (Lipinski definition) is 10. The highest BCUT2D eigenvalue weighted by Gasteiger charge is 2.28. The highest BCUT2D eigenvalue weighted by Crippen LogP contribution is 2.16. The molecule has 0 spiro atoms. The fraction of sp³-hybridized carbons (Fsp3) is 0.353. The summed E-state index contributed by atoms with van der Waals surface area (Å²) in [5.41, 5.74) is 5.48. The van der Waals surface area contributed by atoms with E-state index in [0.717, 1.165) is 23.6 Å². The Morgan fingerprint density at radius 3 is 2.90 bits per heavy atom. The summed E-state index contributed by atoms with van der Waals surface area (Å²) in [7, 11) is 1.39. The van der Waals surface area contributed by atoms with E-state index in [-0.39, 0.29) is 29.6 Å². The van der Waals surface area contributed by atoms with Crippen LogP contribution in [-0.2, 0) is 25.7 Å². The SMILES string of the molecule is Nc1nc(/C(=N/OCc2cc(=O)c(O)c[nH]2)C(=O)N[C@@H]2[B]O[C@H](CC(=O)O)CC2)cs1. The average Bonchev–Trinajstić information content (AvgIpc) is 3.15.